The number of aryl methyl sites for hydroxylation is 1. The first kappa shape index (κ1) is 15.1. The topological polar surface area (TPSA) is 55.2 Å². The van der Waals surface area contributed by atoms with E-state index in [1.54, 1.807) is 11.6 Å². The highest BCUT2D eigenvalue weighted by Crippen LogP contribution is 2.17. The van der Waals surface area contributed by atoms with Gasteiger partial charge in [0, 0.05) is 20.1 Å². The fourth-order valence-corrected chi connectivity index (χ4v) is 3.58. The van der Waals surface area contributed by atoms with Gasteiger partial charge in [-0.3, -0.25) is 9.59 Å². The summed E-state index contributed by atoms with van der Waals surface area (Å²) in [6.45, 7) is 1.67. The third-order valence-electron chi connectivity index (χ3n) is 3.99. The number of fused-ring (bicyclic) bond motifs is 1. The highest BCUT2D eigenvalue weighted by Gasteiger charge is 2.18. The molecule has 0 radical (unpaired) electrons. The van der Waals surface area contributed by atoms with Crippen LogP contribution >= 0.6 is 11.8 Å². The highest BCUT2D eigenvalue weighted by molar-refractivity contribution is 7.99. The zero-order chi connectivity index (χ0) is 15.5. The molecule has 22 heavy (non-hydrogen) atoms. The number of carbonyl (C=O) groups excluding carboxylic acids is 1. The molecule has 6 heteroatoms. The van der Waals surface area contributed by atoms with E-state index in [0.717, 1.165) is 37.0 Å². The quantitative estimate of drug-likeness (QED) is 0.813. The molecular weight excluding hydrogens is 298 g/mol. The van der Waals surface area contributed by atoms with Gasteiger partial charge in [0.25, 0.3) is 5.56 Å². The van der Waals surface area contributed by atoms with Gasteiger partial charge in [-0.05, 0) is 31.4 Å². The zero-order valence-corrected chi connectivity index (χ0v) is 13.4. The summed E-state index contributed by atoms with van der Waals surface area (Å²) in [4.78, 5) is 30.8. The number of para-hydroxylation sites is 2. The van der Waals surface area contributed by atoms with E-state index in [-0.39, 0.29) is 17.2 Å². The van der Waals surface area contributed by atoms with Crippen LogP contribution in [0.15, 0.2) is 34.1 Å². The molecule has 1 aromatic carbocycles. The molecule has 1 amide bonds. The number of hydrogen-bond donors (Lipinski definition) is 0. The second-order valence-corrected chi connectivity index (χ2v) is 6.46. The summed E-state index contributed by atoms with van der Waals surface area (Å²) in [6.07, 6.45) is 3.35. The number of rotatable bonds is 3. The average Bonchev–Trinajstić information content (AvgIpc) is 2.57. The summed E-state index contributed by atoms with van der Waals surface area (Å²) < 4.78 is 1.59. The molecule has 2 heterocycles. The van der Waals surface area contributed by atoms with Gasteiger partial charge in [0.1, 0.15) is 0 Å². The number of carbonyl (C=O) groups is 1. The van der Waals surface area contributed by atoms with Crippen molar-refractivity contribution in [2.75, 3.05) is 18.8 Å². The fourth-order valence-electron chi connectivity index (χ4n) is 2.71. The van der Waals surface area contributed by atoms with Crippen molar-refractivity contribution < 1.29 is 4.79 Å². The summed E-state index contributed by atoms with van der Waals surface area (Å²) in [6, 6.07) is 7.53. The van der Waals surface area contributed by atoms with Crippen molar-refractivity contribution in [3.8, 4) is 0 Å². The second-order valence-electron chi connectivity index (χ2n) is 5.50. The molecule has 3 rings (SSSR count). The number of amides is 1. The van der Waals surface area contributed by atoms with Crippen LogP contribution in [0.4, 0.5) is 0 Å². The monoisotopic (exact) mass is 317 g/mol. The van der Waals surface area contributed by atoms with Crippen LogP contribution in [0.25, 0.3) is 11.0 Å². The van der Waals surface area contributed by atoms with Gasteiger partial charge in [-0.25, -0.2) is 4.98 Å². The van der Waals surface area contributed by atoms with Crippen molar-refractivity contribution in [1.29, 1.82) is 0 Å². The van der Waals surface area contributed by atoms with Gasteiger partial charge in [-0.2, -0.15) is 0 Å². The zero-order valence-electron chi connectivity index (χ0n) is 12.6. The lowest BCUT2D eigenvalue weighted by atomic mass is 10.1. The van der Waals surface area contributed by atoms with Crippen molar-refractivity contribution in [3.05, 3.63) is 34.6 Å². The Kier molecular flexibility index (Phi) is 4.47. The maximum atomic E-state index is 12.3. The van der Waals surface area contributed by atoms with E-state index in [2.05, 4.69) is 4.98 Å². The van der Waals surface area contributed by atoms with Crippen molar-refractivity contribution >= 4 is 28.7 Å². The van der Waals surface area contributed by atoms with E-state index >= 15 is 0 Å². The fraction of sp³-hybridized carbons (Fsp3) is 0.438. The molecular formula is C16H19N3O2S. The van der Waals surface area contributed by atoms with Crippen LogP contribution < -0.4 is 5.56 Å². The largest absolute Gasteiger partial charge is 0.342 e. The molecule has 1 saturated heterocycles. The maximum absolute atomic E-state index is 12.3. The van der Waals surface area contributed by atoms with Crippen molar-refractivity contribution in [2.24, 2.45) is 7.05 Å². The lowest BCUT2D eigenvalue weighted by Crippen LogP contribution is -2.37. The Balaban J connectivity index is 1.77. The van der Waals surface area contributed by atoms with Crippen LogP contribution in [-0.2, 0) is 11.8 Å². The van der Waals surface area contributed by atoms with Crippen LogP contribution in [0.1, 0.15) is 19.3 Å². The third kappa shape index (κ3) is 3.02. The van der Waals surface area contributed by atoms with Gasteiger partial charge in [-0.1, -0.05) is 23.9 Å². The Bertz CT molecular complexity index is 751. The maximum Gasteiger partial charge on any atom is 0.283 e. The Morgan fingerprint density at radius 2 is 1.95 bits per heavy atom. The number of nitrogens with zero attached hydrogens (tertiary/aromatic N) is 3. The van der Waals surface area contributed by atoms with Gasteiger partial charge in [0.15, 0.2) is 5.03 Å². The predicted molar refractivity (Wildman–Crippen MR) is 88.1 cm³/mol. The lowest BCUT2D eigenvalue weighted by Gasteiger charge is -2.26. The number of thioether (sulfide) groups is 1. The van der Waals surface area contributed by atoms with E-state index in [4.69, 9.17) is 0 Å². The van der Waals surface area contributed by atoms with Crippen LogP contribution in [0.2, 0.25) is 0 Å². The SMILES string of the molecule is Cn1c(=O)c(SCC(=O)N2CCCCC2)nc2ccccc21. The molecule has 0 unspecified atom stereocenters. The van der Waals surface area contributed by atoms with E-state index in [0.29, 0.717) is 5.03 Å². The first-order valence-electron chi connectivity index (χ1n) is 7.53. The third-order valence-corrected chi connectivity index (χ3v) is 4.92. The Morgan fingerprint density at radius 3 is 2.73 bits per heavy atom. The molecule has 1 aromatic heterocycles. The highest BCUT2D eigenvalue weighted by atomic mass is 32.2. The molecule has 0 N–H and O–H groups in total. The molecule has 2 aromatic rings. The van der Waals surface area contributed by atoms with Gasteiger partial charge in [-0.15, -0.1) is 0 Å². The van der Waals surface area contributed by atoms with E-state index < -0.39 is 0 Å². The summed E-state index contributed by atoms with van der Waals surface area (Å²) in [5, 5.41) is 0.395. The summed E-state index contributed by atoms with van der Waals surface area (Å²) in [7, 11) is 1.74. The molecule has 5 nitrogen and oxygen atoms in total. The second kappa shape index (κ2) is 6.52. The minimum Gasteiger partial charge on any atom is -0.342 e. The van der Waals surface area contributed by atoms with Gasteiger partial charge in [0.05, 0.1) is 16.8 Å². The van der Waals surface area contributed by atoms with Crippen molar-refractivity contribution in [2.45, 2.75) is 24.3 Å². The number of benzene rings is 1. The van der Waals surface area contributed by atoms with E-state index in [1.807, 2.05) is 29.2 Å². The minimum atomic E-state index is -0.143. The smallest absolute Gasteiger partial charge is 0.283 e. The van der Waals surface area contributed by atoms with Crippen LogP contribution in [0, 0.1) is 0 Å². The van der Waals surface area contributed by atoms with Gasteiger partial charge in [0.2, 0.25) is 5.91 Å². The summed E-state index contributed by atoms with van der Waals surface area (Å²) >= 11 is 1.24. The van der Waals surface area contributed by atoms with E-state index in [9.17, 15) is 9.59 Å². The number of aromatic nitrogens is 2. The lowest BCUT2D eigenvalue weighted by molar-refractivity contribution is -0.129. The predicted octanol–water partition coefficient (Wildman–Crippen LogP) is 2.04. The van der Waals surface area contributed by atoms with Crippen molar-refractivity contribution in [1.82, 2.24) is 14.5 Å². The van der Waals surface area contributed by atoms with Gasteiger partial charge < -0.3 is 9.47 Å². The first-order valence-corrected chi connectivity index (χ1v) is 8.52. The van der Waals surface area contributed by atoms with Gasteiger partial charge >= 0.3 is 0 Å². The number of hydrogen-bond acceptors (Lipinski definition) is 4. The Hall–Kier alpha value is -1.82. The first-order chi connectivity index (χ1) is 10.7. The molecule has 0 spiro atoms. The number of likely N-dealkylation sites (tertiary alicyclic amines) is 1. The molecule has 0 bridgehead atoms. The molecule has 1 aliphatic heterocycles. The average molecular weight is 317 g/mol. The standard InChI is InChI=1S/C16H19N3O2S/c1-18-13-8-4-3-7-12(13)17-15(16(18)21)22-11-14(20)19-9-5-2-6-10-19/h3-4,7-8H,2,5-6,9-11H2,1H3. The molecule has 0 aliphatic carbocycles. The summed E-state index contributed by atoms with van der Waals surface area (Å²) in [5.74, 6) is 0.377. The van der Waals surface area contributed by atoms with Crippen LogP contribution in [0.3, 0.4) is 0 Å². The Morgan fingerprint density at radius 1 is 1.23 bits per heavy atom. The molecule has 0 saturated carbocycles. The molecule has 0 atom stereocenters. The van der Waals surface area contributed by atoms with Crippen LogP contribution in [0.5, 0.6) is 0 Å². The summed E-state index contributed by atoms with van der Waals surface area (Å²) in [5.41, 5.74) is 1.44. The van der Waals surface area contributed by atoms with Crippen molar-refractivity contribution in [3.63, 3.8) is 0 Å². The van der Waals surface area contributed by atoms with E-state index in [1.165, 1.54) is 18.2 Å². The molecule has 1 fully saturated rings. The van der Waals surface area contributed by atoms with Crippen LogP contribution in [-0.4, -0.2) is 39.2 Å². The Labute approximate surface area is 133 Å². The molecule has 1 aliphatic rings. The normalized spacial score (nSPS) is 15.2. The molecule has 116 valence electrons. The minimum absolute atomic E-state index is 0.0988. The number of piperidine rings is 1.